The number of alkyl halides is 3. The molecule has 1 aliphatic heterocycles. The fourth-order valence-electron chi connectivity index (χ4n) is 2.86. The lowest BCUT2D eigenvalue weighted by molar-refractivity contribution is -0.140. The third-order valence-electron chi connectivity index (χ3n) is 4.07. The summed E-state index contributed by atoms with van der Waals surface area (Å²) in [5.74, 6) is 0. The number of hydrogen-bond acceptors (Lipinski definition) is 3. The molecule has 0 bridgehead atoms. The molecule has 1 aliphatic rings. The van der Waals surface area contributed by atoms with Gasteiger partial charge in [0.1, 0.15) is 0 Å². The van der Waals surface area contributed by atoms with Gasteiger partial charge in [0.05, 0.1) is 24.0 Å². The minimum Gasteiger partial charge on any atom is -0.371 e. The summed E-state index contributed by atoms with van der Waals surface area (Å²) in [6, 6.07) is 7.55. The van der Waals surface area contributed by atoms with Crippen LogP contribution >= 0.6 is 0 Å². The average molecular weight is 325 g/mol. The molecule has 1 aromatic heterocycles. The van der Waals surface area contributed by atoms with Gasteiger partial charge in [-0.3, -0.25) is 9.58 Å². The van der Waals surface area contributed by atoms with Crippen molar-refractivity contribution in [2.45, 2.75) is 18.8 Å². The van der Waals surface area contributed by atoms with E-state index in [9.17, 15) is 13.2 Å². The normalized spacial score (nSPS) is 19.9. The fourth-order valence-corrected chi connectivity index (χ4v) is 2.86. The minimum absolute atomic E-state index is 0.203. The van der Waals surface area contributed by atoms with Crippen LogP contribution in [0.25, 0.3) is 0 Å². The minimum atomic E-state index is -4.37. The number of halogens is 3. The van der Waals surface area contributed by atoms with E-state index < -0.39 is 17.8 Å². The Balaban J connectivity index is 1.78. The Kier molecular flexibility index (Phi) is 4.41. The number of morpholine rings is 1. The van der Waals surface area contributed by atoms with Gasteiger partial charge in [0, 0.05) is 32.9 Å². The first-order chi connectivity index (χ1) is 10.9. The molecule has 23 heavy (non-hydrogen) atoms. The second-order valence-electron chi connectivity index (χ2n) is 5.63. The molecule has 1 aromatic carbocycles. The fraction of sp³-hybridized carbons (Fsp3) is 0.438. The van der Waals surface area contributed by atoms with Gasteiger partial charge in [-0.05, 0) is 17.7 Å². The van der Waals surface area contributed by atoms with Crippen LogP contribution in [0.3, 0.4) is 0 Å². The molecule has 4 nitrogen and oxygen atoms in total. The van der Waals surface area contributed by atoms with Gasteiger partial charge >= 0.3 is 6.18 Å². The van der Waals surface area contributed by atoms with Crippen molar-refractivity contribution in [3.8, 4) is 0 Å². The number of nitrogens with zero attached hydrogens (tertiary/aromatic N) is 3. The number of aromatic nitrogens is 2. The smallest absolute Gasteiger partial charge is 0.371 e. The lowest BCUT2D eigenvalue weighted by atomic mass is 10.0. The maximum Gasteiger partial charge on any atom is 0.416 e. The second kappa shape index (κ2) is 6.33. The Hall–Kier alpha value is -1.86. The van der Waals surface area contributed by atoms with E-state index in [1.807, 2.05) is 13.1 Å². The zero-order chi connectivity index (χ0) is 16.4. The summed E-state index contributed by atoms with van der Waals surface area (Å²) in [5, 5.41) is 4.12. The molecule has 0 N–H and O–H groups in total. The van der Waals surface area contributed by atoms with E-state index in [1.165, 1.54) is 12.1 Å². The second-order valence-corrected chi connectivity index (χ2v) is 5.63. The van der Waals surface area contributed by atoms with Crippen LogP contribution < -0.4 is 0 Å². The quantitative estimate of drug-likeness (QED) is 0.869. The summed E-state index contributed by atoms with van der Waals surface area (Å²) in [5.41, 5.74) is 0.608. The summed E-state index contributed by atoms with van der Waals surface area (Å²) in [6.45, 7) is 2.17. The highest BCUT2D eigenvalue weighted by atomic mass is 19.4. The van der Waals surface area contributed by atoms with E-state index in [0.717, 1.165) is 11.8 Å². The molecular formula is C16H18F3N3O. The Bertz CT molecular complexity index is 669. The zero-order valence-corrected chi connectivity index (χ0v) is 12.8. The molecule has 0 saturated carbocycles. The van der Waals surface area contributed by atoms with Crippen molar-refractivity contribution < 1.29 is 17.9 Å². The lowest BCUT2D eigenvalue weighted by Gasteiger charge is -2.34. The molecule has 0 spiro atoms. The van der Waals surface area contributed by atoms with Crippen molar-refractivity contribution in [2.24, 2.45) is 7.05 Å². The first-order valence-corrected chi connectivity index (χ1v) is 7.42. The van der Waals surface area contributed by atoms with Crippen LogP contribution in [0.4, 0.5) is 13.2 Å². The van der Waals surface area contributed by atoms with Gasteiger partial charge in [-0.2, -0.15) is 18.3 Å². The first kappa shape index (κ1) is 16.0. The summed E-state index contributed by atoms with van der Waals surface area (Å²) in [6.07, 6.45) is -3.23. The molecule has 2 aromatic rings. The van der Waals surface area contributed by atoms with Crippen LogP contribution in [0.1, 0.15) is 22.9 Å². The predicted octanol–water partition coefficient (Wildman–Crippen LogP) is 3.01. The van der Waals surface area contributed by atoms with Gasteiger partial charge in [-0.25, -0.2) is 0 Å². The van der Waals surface area contributed by atoms with Crippen LogP contribution in [0.15, 0.2) is 36.5 Å². The number of benzene rings is 1. The van der Waals surface area contributed by atoms with Crippen molar-refractivity contribution >= 4 is 0 Å². The van der Waals surface area contributed by atoms with E-state index in [-0.39, 0.29) is 5.56 Å². The molecule has 1 fully saturated rings. The molecule has 1 saturated heterocycles. The average Bonchev–Trinajstić information content (AvgIpc) is 2.92. The highest BCUT2D eigenvalue weighted by Crippen LogP contribution is 2.36. The lowest BCUT2D eigenvalue weighted by Crippen LogP contribution is -2.38. The Morgan fingerprint density at radius 1 is 1.26 bits per heavy atom. The van der Waals surface area contributed by atoms with Gasteiger partial charge in [-0.1, -0.05) is 18.2 Å². The molecular weight excluding hydrogens is 307 g/mol. The van der Waals surface area contributed by atoms with Gasteiger partial charge < -0.3 is 4.74 Å². The van der Waals surface area contributed by atoms with Crippen molar-refractivity contribution in [2.75, 3.05) is 19.7 Å². The Morgan fingerprint density at radius 2 is 2.04 bits per heavy atom. The number of rotatable bonds is 3. The summed E-state index contributed by atoms with van der Waals surface area (Å²) >= 11 is 0. The summed E-state index contributed by atoms with van der Waals surface area (Å²) < 4.78 is 46.9. The van der Waals surface area contributed by atoms with Crippen LogP contribution in [0.5, 0.6) is 0 Å². The molecule has 7 heteroatoms. The third kappa shape index (κ3) is 3.56. The Labute approximate surface area is 132 Å². The monoisotopic (exact) mass is 325 g/mol. The molecule has 124 valence electrons. The van der Waals surface area contributed by atoms with Crippen molar-refractivity contribution in [1.29, 1.82) is 0 Å². The predicted molar refractivity (Wildman–Crippen MR) is 78.6 cm³/mol. The van der Waals surface area contributed by atoms with Crippen LogP contribution in [-0.2, 0) is 24.5 Å². The Morgan fingerprint density at radius 3 is 2.74 bits per heavy atom. The largest absolute Gasteiger partial charge is 0.416 e. The van der Waals surface area contributed by atoms with Crippen molar-refractivity contribution in [1.82, 2.24) is 14.7 Å². The first-order valence-electron chi connectivity index (χ1n) is 7.42. The van der Waals surface area contributed by atoms with E-state index in [2.05, 4.69) is 10.00 Å². The summed E-state index contributed by atoms with van der Waals surface area (Å²) in [7, 11) is 1.85. The molecule has 2 heterocycles. The maximum atomic E-state index is 13.2. The zero-order valence-electron chi connectivity index (χ0n) is 12.8. The SMILES string of the molecule is Cn1nccc1CN1CCO[C@H](c2ccccc2C(F)(F)F)C1. The van der Waals surface area contributed by atoms with E-state index >= 15 is 0 Å². The molecule has 0 amide bonds. The van der Waals surface area contributed by atoms with Gasteiger partial charge in [0.2, 0.25) is 0 Å². The van der Waals surface area contributed by atoms with Gasteiger partial charge in [0.25, 0.3) is 0 Å². The van der Waals surface area contributed by atoms with E-state index in [4.69, 9.17) is 4.74 Å². The van der Waals surface area contributed by atoms with Gasteiger partial charge in [-0.15, -0.1) is 0 Å². The molecule has 0 radical (unpaired) electrons. The van der Waals surface area contributed by atoms with E-state index in [0.29, 0.717) is 26.2 Å². The van der Waals surface area contributed by atoms with Crippen LogP contribution in [0, 0.1) is 0 Å². The topological polar surface area (TPSA) is 30.3 Å². The van der Waals surface area contributed by atoms with Crippen molar-refractivity contribution in [3.63, 3.8) is 0 Å². The molecule has 3 rings (SSSR count). The summed E-state index contributed by atoms with van der Waals surface area (Å²) in [4.78, 5) is 2.10. The molecule has 0 aliphatic carbocycles. The highest BCUT2D eigenvalue weighted by Gasteiger charge is 2.36. The number of aryl methyl sites for hydroxylation is 1. The third-order valence-corrected chi connectivity index (χ3v) is 4.07. The highest BCUT2D eigenvalue weighted by molar-refractivity contribution is 5.32. The van der Waals surface area contributed by atoms with Crippen LogP contribution in [0.2, 0.25) is 0 Å². The molecule has 1 atom stereocenters. The maximum absolute atomic E-state index is 13.2. The van der Waals surface area contributed by atoms with Gasteiger partial charge in [0.15, 0.2) is 0 Å². The number of ether oxygens (including phenoxy) is 1. The van der Waals surface area contributed by atoms with E-state index in [1.54, 1.807) is 16.9 Å². The number of hydrogen-bond donors (Lipinski definition) is 0. The van der Waals surface area contributed by atoms with Crippen LogP contribution in [-0.4, -0.2) is 34.4 Å². The standard InChI is InChI=1S/C16H18F3N3O/c1-21-12(6-7-20-21)10-22-8-9-23-15(11-22)13-4-2-3-5-14(13)16(17,18)19/h2-7,15H,8-11H2,1H3/t15-/m0/s1. The van der Waals surface area contributed by atoms with Crippen molar-refractivity contribution in [3.05, 3.63) is 53.3 Å². The molecule has 0 unspecified atom stereocenters.